The molecule has 2 heterocycles. The summed E-state index contributed by atoms with van der Waals surface area (Å²) in [5, 5.41) is 12.4. The molecule has 1 saturated heterocycles. The van der Waals surface area contributed by atoms with Crippen LogP contribution in [0.25, 0.3) is 0 Å². The van der Waals surface area contributed by atoms with Crippen LogP contribution in [0.2, 0.25) is 0 Å². The molecule has 1 N–H and O–H groups in total. The van der Waals surface area contributed by atoms with Gasteiger partial charge in [-0.3, -0.25) is 4.90 Å². The van der Waals surface area contributed by atoms with Crippen molar-refractivity contribution in [2.75, 3.05) is 26.3 Å². The molecule has 3 nitrogen and oxygen atoms in total. The standard InChI is InChI=1S/C16H25NO2S/c18-15(16-6-3-9-20-16)10-14-12-19-8-7-17(14)11-13-4-1-2-5-13/h3,6,9,13-15,18H,1-2,4-5,7-8,10-12H2. The van der Waals surface area contributed by atoms with Gasteiger partial charge in [0.2, 0.25) is 0 Å². The lowest BCUT2D eigenvalue weighted by molar-refractivity contribution is -0.0314. The summed E-state index contributed by atoms with van der Waals surface area (Å²) in [5.41, 5.74) is 0. The van der Waals surface area contributed by atoms with E-state index in [2.05, 4.69) is 4.90 Å². The number of hydrogen-bond donors (Lipinski definition) is 1. The second-order valence-corrected chi connectivity index (χ2v) is 7.12. The third-order valence-corrected chi connectivity index (χ3v) is 5.66. The van der Waals surface area contributed by atoms with Crippen LogP contribution < -0.4 is 0 Å². The van der Waals surface area contributed by atoms with Crippen molar-refractivity contribution >= 4 is 11.3 Å². The monoisotopic (exact) mass is 295 g/mol. The van der Waals surface area contributed by atoms with Crippen LogP contribution >= 0.6 is 11.3 Å². The molecule has 0 spiro atoms. The summed E-state index contributed by atoms with van der Waals surface area (Å²) in [7, 11) is 0. The Morgan fingerprint density at radius 1 is 1.40 bits per heavy atom. The molecule has 0 bridgehead atoms. The molecule has 4 heteroatoms. The minimum atomic E-state index is -0.340. The van der Waals surface area contributed by atoms with E-state index < -0.39 is 0 Å². The number of aliphatic hydroxyl groups excluding tert-OH is 1. The summed E-state index contributed by atoms with van der Waals surface area (Å²) in [6.45, 7) is 3.84. The first kappa shape index (κ1) is 14.5. The first-order chi connectivity index (χ1) is 9.83. The third kappa shape index (κ3) is 3.61. The number of rotatable bonds is 5. The zero-order chi connectivity index (χ0) is 13.8. The molecule has 20 heavy (non-hydrogen) atoms. The lowest BCUT2D eigenvalue weighted by Gasteiger charge is -2.38. The molecular weight excluding hydrogens is 270 g/mol. The second-order valence-electron chi connectivity index (χ2n) is 6.14. The number of morpholine rings is 1. The van der Waals surface area contributed by atoms with Crippen molar-refractivity contribution in [3.8, 4) is 0 Å². The average molecular weight is 295 g/mol. The second kappa shape index (κ2) is 7.03. The third-order valence-electron chi connectivity index (χ3n) is 4.68. The fourth-order valence-electron chi connectivity index (χ4n) is 3.53. The predicted octanol–water partition coefficient (Wildman–Crippen LogP) is 3.06. The van der Waals surface area contributed by atoms with Gasteiger partial charge in [-0.2, -0.15) is 0 Å². The van der Waals surface area contributed by atoms with Gasteiger partial charge in [-0.1, -0.05) is 18.9 Å². The first-order valence-electron chi connectivity index (χ1n) is 7.86. The van der Waals surface area contributed by atoms with Gasteiger partial charge in [0.25, 0.3) is 0 Å². The van der Waals surface area contributed by atoms with Crippen molar-refractivity contribution in [3.63, 3.8) is 0 Å². The molecule has 2 fully saturated rings. The summed E-state index contributed by atoms with van der Waals surface area (Å²) >= 11 is 1.64. The Balaban J connectivity index is 1.57. The van der Waals surface area contributed by atoms with Crippen LogP contribution in [-0.2, 0) is 4.74 Å². The van der Waals surface area contributed by atoms with Gasteiger partial charge in [0, 0.05) is 24.0 Å². The predicted molar refractivity (Wildman–Crippen MR) is 82.0 cm³/mol. The largest absolute Gasteiger partial charge is 0.388 e. The molecule has 1 aromatic heterocycles. The zero-order valence-electron chi connectivity index (χ0n) is 12.0. The van der Waals surface area contributed by atoms with E-state index in [1.807, 2.05) is 17.5 Å². The molecule has 1 aromatic rings. The summed E-state index contributed by atoms with van der Waals surface area (Å²) in [4.78, 5) is 3.65. The van der Waals surface area contributed by atoms with Gasteiger partial charge in [0.1, 0.15) is 0 Å². The Bertz CT molecular complexity index is 389. The molecule has 1 aliphatic heterocycles. The van der Waals surface area contributed by atoms with Gasteiger partial charge in [-0.15, -0.1) is 11.3 Å². The first-order valence-corrected chi connectivity index (χ1v) is 8.74. The maximum Gasteiger partial charge on any atom is 0.0897 e. The van der Waals surface area contributed by atoms with Crippen LogP contribution in [0.1, 0.15) is 43.1 Å². The van der Waals surface area contributed by atoms with E-state index in [0.717, 1.165) is 37.0 Å². The fourth-order valence-corrected chi connectivity index (χ4v) is 4.25. The van der Waals surface area contributed by atoms with E-state index >= 15 is 0 Å². The van der Waals surface area contributed by atoms with Crippen LogP contribution in [0.15, 0.2) is 17.5 Å². The Morgan fingerprint density at radius 3 is 3.00 bits per heavy atom. The molecule has 1 aliphatic carbocycles. The van der Waals surface area contributed by atoms with Crippen LogP contribution in [0.4, 0.5) is 0 Å². The highest BCUT2D eigenvalue weighted by Gasteiger charge is 2.28. The molecule has 1 saturated carbocycles. The smallest absolute Gasteiger partial charge is 0.0897 e. The maximum absolute atomic E-state index is 10.4. The quantitative estimate of drug-likeness (QED) is 0.906. The Labute approximate surface area is 125 Å². The SMILES string of the molecule is OC(CC1COCCN1CC1CCCC1)c1cccs1. The number of aliphatic hydroxyl groups is 1. The highest BCUT2D eigenvalue weighted by Crippen LogP contribution is 2.29. The van der Waals surface area contributed by atoms with Crippen molar-refractivity contribution < 1.29 is 9.84 Å². The highest BCUT2D eigenvalue weighted by molar-refractivity contribution is 7.10. The van der Waals surface area contributed by atoms with Crippen LogP contribution in [0.3, 0.4) is 0 Å². The maximum atomic E-state index is 10.4. The van der Waals surface area contributed by atoms with Crippen LogP contribution in [0.5, 0.6) is 0 Å². The lowest BCUT2D eigenvalue weighted by Crippen LogP contribution is -2.47. The van der Waals surface area contributed by atoms with Gasteiger partial charge in [0.05, 0.1) is 19.3 Å². The zero-order valence-corrected chi connectivity index (χ0v) is 12.9. The van der Waals surface area contributed by atoms with Crippen LogP contribution in [0, 0.1) is 5.92 Å². The fraction of sp³-hybridized carbons (Fsp3) is 0.750. The van der Waals surface area contributed by atoms with Gasteiger partial charge in [0.15, 0.2) is 0 Å². The van der Waals surface area contributed by atoms with Gasteiger partial charge < -0.3 is 9.84 Å². The Hall–Kier alpha value is -0.420. The lowest BCUT2D eigenvalue weighted by atomic mass is 10.0. The van der Waals surface area contributed by atoms with E-state index in [4.69, 9.17) is 4.74 Å². The molecule has 2 aliphatic rings. The van der Waals surface area contributed by atoms with E-state index in [0.29, 0.717) is 6.04 Å². The topological polar surface area (TPSA) is 32.7 Å². The molecule has 0 aromatic carbocycles. The van der Waals surface area contributed by atoms with Gasteiger partial charge in [-0.25, -0.2) is 0 Å². The van der Waals surface area contributed by atoms with E-state index in [9.17, 15) is 5.11 Å². The van der Waals surface area contributed by atoms with E-state index in [1.165, 1.54) is 32.2 Å². The van der Waals surface area contributed by atoms with Gasteiger partial charge in [-0.05, 0) is 36.6 Å². The number of hydrogen-bond acceptors (Lipinski definition) is 4. The highest BCUT2D eigenvalue weighted by atomic mass is 32.1. The van der Waals surface area contributed by atoms with Crippen molar-refractivity contribution in [3.05, 3.63) is 22.4 Å². The summed E-state index contributed by atoms with van der Waals surface area (Å²) in [6, 6.07) is 4.42. The minimum absolute atomic E-state index is 0.340. The van der Waals surface area contributed by atoms with Crippen molar-refractivity contribution in [1.82, 2.24) is 4.90 Å². The Kier molecular flexibility index (Phi) is 5.10. The number of nitrogens with zero attached hydrogens (tertiary/aromatic N) is 1. The molecule has 2 atom stereocenters. The van der Waals surface area contributed by atoms with Crippen molar-refractivity contribution in [1.29, 1.82) is 0 Å². The van der Waals surface area contributed by atoms with Gasteiger partial charge >= 0.3 is 0 Å². The average Bonchev–Trinajstić information content (AvgIpc) is 3.13. The molecule has 0 radical (unpaired) electrons. The Morgan fingerprint density at radius 2 is 2.25 bits per heavy atom. The van der Waals surface area contributed by atoms with Crippen molar-refractivity contribution in [2.45, 2.75) is 44.2 Å². The van der Waals surface area contributed by atoms with Crippen LogP contribution in [-0.4, -0.2) is 42.4 Å². The molecule has 0 amide bonds. The summed E-state index contributed by atoms with van der Waals surface area (Å²) in [6.07, 6.45) is 6.03. The molecular formula is C16H25NO2S. The summed E-state index contributed by atoms with van der Waals surface area (Å²) < 4.78 is 5.65. The molecule has 3 rings (SSSR count). The molecule has 2 unspecified atom stereocenters. The normalized spacial score (nSPS) is 26.9. The number of ether oxygens (including phenoxy) is 1. The van der Waals surface area contributed by atoms with E-state index in [1.54, 1.807) is 11.3 Å². The van der Waals surface area contributed by atoms with E-state index in [-0.39, 0.29) is 6.10 Å². The molecule has 112 valence electrons. The van der Waals surface area contributed by atoms with Crippen molar-refractivity contribution in [2.24, 2.45) is 5.92 Å². The minimum Gasteiger partial charge on any atom is -0.388 e. The number of thiophene rings is 1. The summed E-state index contributed by atoms with van der Waals surface area (Å²) in [5.74, 6) is 0.870.